The van der Waals surface area contributed by atoms with Crippen molar-refractivity contribution in [3.05, 3.63) is 24.0 Å². The molecule has 5 nitrogen and oxygen atoms in total. The van der Waals surface area contributed by atoms with E-state index < -0.39 is 12.7 Å². The lowest BCUT2D eigenvalue weighted by Crippen LogP contribution is -2.39. The van der Waals surface area contributed by atoms with Crippen LogP contribution in [0.5, 0.6) is 0 Å². The van der Waals surface area contributed by atoms with Crippen LogP contribution in [0.4, 0.5) is 13.2 Å². The van der Waals surface area contributed by atoms with Gasteiger partial charge >= 0.3 is 6.18 Å². The Labute approximate surface area is 142 Å². The average Bonchev–Trinajstić information content (AvgIpc) is 2.85. The number of hydrogen-bond acceptors (Lipinski definition) is 2. The van der Waals surface area contributed by atoms with Crippen LogP contribution in [0.25, 0.3) is 0 Å². The number of halogens is 3. The molecular weight excluding hydrogens is 319 g/mol. The molecule has 0 spiro atoms. The van der Waals surface area contributed by atoms with Crippen LogP contribution >= 0.6 is 0 Å². The smallest absolute Gasteiger partial charge is 0.357 e. The van der Waals surface area contributed by atoms with Crippen LogP contribution in [0, 0.1) is 0 Å². The van der Waals surface area contributed by atoms with Gasteiger partial charge in [0.2, 0.25) is 0 Å². The van der Waals surface area contributed by atoms with Crippen molar-refractivity contribution in [2.45, 2.75) is 26.1 Å². The van der Waals surface area contributed by atoms with Gasteiger partial charge in [-0.3, -0.25) is 9.89 Å². The van der Waals surface area contributed by atoms with E-state index in [1.807, 2.05) is 48.8 Å². The van der Waals surface area contributed by atoms with Crippen molar-refractivity contribution in [1.82, 2.24) is 19.7 Å². The molecule has 1 aromatic rings. The Hall–Kier alpha value is -1.70. The lowest BCUT2D eigenvalue weighted by Gasteiger charge is -2.22. The van der Waals surface area contributed by atoms with Crippen molar-refractivity contribution < 1.29 is 13.2 Å². The summed E-state index contributed by atoms with van der Waals surface area (Å²) in [4.78, 5) is 7.79. The molecule has 0 fully saturated rings. The number of nitrogens with zero attached hydrogens (tertiary/aromatic N) is 4. The van der Waals surface area contributed by atoms with E-state index in [1.54, 1.807) is 0 Å². The molecular formula is C16H28F3N5. The first kappa shape index (κ1) is 20.3. The molecule has 0 aliphatic carbocycles. The maximum atomic E-state index is 12.3. The highest BCUT2D eigenvalue weighted by Gasteiger charge is 2.28. The first-order valence-corrected chi connectivity index (χ1v) is 8.08. The Morgan fingerprint density at radius 3 is 2.58 bits per heavy atom. The van der Waals surface area contributed by atoms with Crippen molar-refractivity contribution in [1.29, 1.82) is 0 Å². The van der Waals surface area contributed by atoms with E-state index in [9.17, 15) is 13.2 Å². The molecule has 0 unspecified atom stereocenters. The Kier molecular flexibility index (Phi) is 8.10. The summed E-state index contributed by atoms with van der Waals surface area (Å²) < 4.78 is 38.9. The number of guanidine groups is 1. The summed E-state index contributed by atoms with van der Waals surface area (Å²) in [5, 5.41) is 3.21. The molecule has 0 atom stereocenters. The second-order valence-electron chi connectivity index (χ2n) is 5.91. The number of nitrogens with one attached hydrogen (secondary N) is 1. The molecule has 0 saturated carbocycles. The van der Waals surface area contributed by atoms with Crippen LogP contribution in [0.3, 0.4) is 0 Å². The van der Waals surface area contributed by atoms with Crippen LogP contribution in [-0.2, 0) is 13.6 Å². The third-order valence-corrected chi connectivity index (χ3v) is 3.56. The number of alkyl halides is 3. The van der Waals surface area contributed by atoms with Crippen LogP contribution < -0.4 is 5.32 Å². The topological polar surface area (TPSA) is 35.8 Å². The highest BCUT2D eigenvalue weighted by atomic mass is 19.4. The van der Waals surface area contributed by atoms with Crippen molar-refractivity contribution in [2.24, 2.45) is 12.0 Å². The molecule has 0 aromatic carbocycles. The van der Waals surface area contributed by atoms with Gasteiger partial charge in [-0.25, -0.2) is 0 Å². The molecule has 138 valence electrons. The van der Waals surface area contributed by atoms with Gasteiger partial charge in [0.1, 0.15) is 0 Å². The summed E-state index contributed by atoms with van der Waals surface area (Å²) in [6.45, 7) is 3.41. The minimum absolute atomic E-state index is 0.365. The molecule has 1 rings (SSSR count). The summed E-state index contributed by atoms with van der Waals surface area (Å²) in [5.41, 5.74) is 1.16. The minimum atomic E-state index is -4.15. The van der Waals surface area contributed by atoms with Gasteiger partial charge in [0, 0.05) is 39.1 Å². The van der Waals surface area contributed by atoms with E-state index in [0.717, 1.165) is 18.2 Å². The molecule has 24 heavy (non-hydrogen) atoms. The number of aromatic nitrogens is 1. The number of hydrogen-bond donors (Lipinski definition) is 1. The Balaban J connectivity index is 2.48. The van der Waals surface area contributed by atoms with Crippen LogP contribution in [0.1, 0.15) is 19.0 Å². The zero-order valence-corrected chi connectivity index (χ0v) is 14.9. The number of rotatable bonds is 8. The fraction of sp³-hybridized carbons (Fsp3) is 0.688. The lowest BCUT2D eigenvalue weighted by molar-refractivity contribution is -0.143. The van der Waals surface area contributed by atoms with E-state index in [1.165, 1.54) is 11.9 Å². The van der Waals surface area contributed by atoms with Gasteiger partial charge in [-0.15, -0.1) is 0 Å². The molecule has 1 aromatic heterocycles. The largest absolute Gasteiger partial charge is 0.401 e. The molecule has 8 heteroatoms. The Morgan fingerprint density at radius 1 is 1.33 bits per heavy atom. The van der Waals surface area contributed by atoms with Crippen molar-refractivity contribution in [2.75, 3.05) is 40.3 Å². The second-order valence-corrected chi connectivity index (χ2v) is 5.91. The van der Waals surface area contributed by atoms with Gasteiger partial charge in [-0.05, 0) is 39.1 Å². The molecule has 0 bridgehead atoms. The van der Waals surface area contributed by atoms with E-state index in [2.05, 4.69) is 10.3 Å². The first-order valence-electron chi connectivity index (χ1n) is 8.08. The summed E-state index contributed by atoms with van der Waals surface area (Å²) in [6, 6.07) is 4.04. The molecule has 0 aliphatic heterocycles. The zero-order chi connectivity index (χ0) is 18.2. The molecule has 1 N–H and O–H groups in total. The fourth-order valence-electron chi connectivity index (χ4n) is 2.36. The summed E-state index contributed by atoms with van der Waals surface area (Å²) >= 11 is 0. The predicted octanol–water partition coefficient (Wildman–Crippen LogP) is 2.31. The highest BCUT2D eigenvalue weighted by Crippen LogP contribution is 2.15. The SMILES string of the molecule is CCNC(=NCCCN(C)CC(F)(F)F)N(C)Cc1cccn1C. The summed E-state index contributed by atoms with van der Waals surface area (Å²) in [6.07, 6.45) is -1.58. The van der Waals surface area contributed by atoms with Gasteiger partial charge in [-0.2, -0.15) is 13.2 Å². The van der Waals surface area contributed by atoms with Crippen molar-refractivity contribution in [3.63, 3.8) is 0 Å². The third-order valence-electron chi connectivity index (χ3n) is 3.56. The Bertz CT molecular complexity index is 510. The zero-order valence-electron chi connectivity index (χ0n) is 14.9. The minimum Gasteiger partial charge on any atom is -0.357 e. The summed E-state index contributed by atoms with van der Waals surface area (Å²) in [7, 11) is 5.41. The molecule has 0 aliphatic rings. The lowest BCUT2D eigenvalue weighted by atomic mass is 10.4. The summed E-state index contributed by atoms with van der Waals surface area (Å²) in [5.74, 6) is 0.761. The van der Waals surface area contributed by atoms with Crippen LogP contribution in [0.15, 0.2) is 23.3 Å². The first-order chi connectivity index (χ1) is 11.2. The molecule has 0 saturated heterocycles. The average molecular weight is 347 g/mol. The number of aryl methyl sites for hydroxylation is 1. The Morgan fingerprint density at radius 2 is 2.04 bits per heavy atom. The third kappa shape index (κ3) is 7.72. The maximum absolute atomic E-state index is 12.3. The molecule has 0 amide bonds. The van der Waals surface area contributed by atoms with E-state index in [0.29, 0.717) is 26.1 Å². The van der Waals surface area contributed by atoms with Gasteiger partial charge in [0.05, 0.1) is 13.1 Å². The quantitative estimate of drug-likeness (QED) is 0.445. The van der Waals surface area contributed by atoms with Crippen molar-refractivity contribution >= 4 is 5.96 Å². The van der Waals surface area contributed by atoms with Crippen molar-refractivity contribution in [3.8, 4) is 0 Å². The second kappa shape index (κ2) is 9.56. The van der Waals surface area contributed by atoms with Crippen LogP contribution in [-0.4, -0.2) is 66.8 Å². The van der Waals surface area contributed by atoms with E-state index in [4.69, 9.17) is 0 Å². The standard InChI is InChI=1S/C16H28F3N5/c1-5-20-15(24(4)12-14-8-6-11-23(14)3)21-9-7-10-22(2)13-16(17,18)19/h6,8,11H,5,7,9-10,12-13H2,1-4H3,(H,20,21). The van der Waals surface area contributed by atoms with E-state index >= 15 is 0 Å². The molecule has 0 radical (unpaired) electrons. The predicted molar refractivity (Wildman–Crippen MR) is 91.0 cm³/mol. The monoisotopic (exact) mass is 347 g/mol. The molecule has 1 heterocycles. The fourth-order valence-corrected chi connectivity index (χ4v) is 2.36. The van der Waals surface area contributed by atoms with Gasteiger partial charge < -0.3 is 14.8 Å². The normalized spacial score (nSPS) is 12.8. The van der Waals surface area contributed by atoms with Gasteiger partial charge in [-0.1, -0.05) is 0 Å². The highest BCUT2D eigenvalue weighted by molar-refractivity contribution is 5.79. The number of aliphatic imine (C=N–C) groups is 1. The van der Waals surface area contributed by atoms with Gasteiger partial charge in [0.25, 0.3) is 0 Å². The van der Waals surface area contributed by atoms with Crippen LogP contribution in [0.2, 0.25) is 0 Å². The maximum Gasteiger partial charge on any atom is 0.401 e. The van der Waals surface area contributed by atoms with Gasteiger partial charge in [0.15, 0.2) is 5.96 Å². The van der Waals surface area contributed by atoms with E-state index in [-0.39, 0.29) is 0 Å².